The van der Waals surface area contributed by atoms with E-state index in [-0.39, 0.29) is 11.9 Å². The van der Waals surface area contributed by atoms with Crippen molar-refractivity contribution in [3.63, 3.8) is 0 Å². The van der Waals surface area contributed by atoms with Crippen molar-refractivity contribution in [1.82, 2.24) is 15.2 Å². The predicted octanol–water partition coefficient (Wildman–Crippen LogP) is 1.01. The van der Waals surface area contributed by atoms with Crippen LogP contribution in [0, 0.1) is 6.92 Å². The molecule has 1 amide bonds. The lowest BCUT2D eigenvalue weighted by Crippen LogP contribution is -2.42. The Morgan fingerprint density at radius 2 is 2.47 bits per heavy atom. The third-order valence-corrected chi connectivity index (χ3v) is 3.68. The monoisotopic (exact) mass is 251 g/mol. The maximum absolute atomic E-state index is 12.1. The van der Waals surface area contributed by atoms with E-state index in [1.807, 2.05) is 32.2 Å². The van der Waals surface area contributed by atoms with E-state index in [0.29, 0.717) is 6.54 Å². The Morgan fingerprint density at radius 3 is 3.12 bits per heavy atom. The first-order valence-electron chi connectivity index (χ1n) is 5.65. The van der Waals surface area contributed by atoms with Gasteiger partial charge in [-0.05, 0) is 19.1 Å². The van der Waals surface area contributed by atoms with Gasteiger partial charge in [0.25, 0.3) is 0 Å². The summed E-state index contributed by atoms with van der Waals surface area (Å²) in [6.45, 7) is 2.53. The highest BCUT2D eigenvalue weighted by atomic mass is 32.2. The number of pyridine rings is 1. The number of carbonyl (C=O) groups is 1. The van der Waals surface area contributed by atoms with E-state index in [4.69, 9.17) is 0 Å². The quantitative estimate of drug-likeness (QED) is 0.871. The number of likely N-dealkylation sites (N-methyl/N-ethyl adjacent to an activating group) is 1. The number of aromatic nitrogens is 1. The van der Waals surface area contributed by atoms with Crippen LogP contribution in [-0.2, 0) is 11.3 Å². The average Bonchev–Trinajstić information content (AvgIpc) is 2.81. The van der Waals surface area contributed by atoms with Gasteiger partial charge in [0.05, 0.1) is 18.3 Å². The van der Waals surface area contributed by atoms with Crippen molar-refractivity contribution in [1.29, 1.82) is 0 Å². The molecule has 1 aromatic rings. The normalized spacial score (nSPS) is 19.3. The molecule has 0 aromatic carbocycles. The van der Waals surface area contributed by atoms with Crippen molar-refractivity contribution < 1.29 is 4.79 Å². The lowest BCUT2D eigenvalue weighted by molar-refractivity contribution is -0.131. The zero-order chi connectivity index (χ0) is 12.3. The summed E-state index contributed by atoms with van der Waals surface area (Å²) in [4.78, 5) is 18.2. The van der Waals surface area contributed by atoms with Crippen LogP contribution < -0.4 is 5.32 Å². The maximum atomic E-state index is 12.1. The first-order chi connectivity index (χ1) is 8.16. The molecule has 5 heteroatoms. The SMILES string of the molecule is Cc1cccc(CN(C)C(=O)C2CSCN2)n1. The van der Waals surface area contributed by atoms with E-state index in [1.54, 1.807) is 16.7 Å². The molecule has 1 unspecified atom stereocenters. The molecule has 1 fully saturated rings. The van der Waals surface area contributed by atoms with Gasteiger partial charge < -0.3 is 4.90 Å². The second-order valence-corrected chi connectivity index (χ2v) is 5.27. The standard InChI is InChI=1S/C12H17N3OS/c1-9-4-3-5-10(14-9)6-15(2)12(16)11-7-17-8-13-11/h3-5,11,13H,6-8H2,1-2H3. The fourth-order valence-electron chi connectivity index (χ4n) is 1.83. The van der Waals surface area contributed by atoms with E-state index in [2.05, 4.69) is 10.3 Å². The summed E-state index contributed by atoms with van der Waals surface area (Å²) in [5.41, 5.74) is 1.92. The Balaban J connectivity index is 1.96. The van der Waals surface area contributed by atoms with Gasteiger partial charge in [0.1, 0.15) is 0 Å². The topological polar surface area (TPSA) is 45.2 Å². The van der Waals surface area contributed by atoms with Gasteiger partial charge in [-0.2, -0.15) is 0 Å². The molecule has 4 nitrogen and oxygen atoms in total. The summed E-state index contributed by atoms with van der Waals surface area (Å²) < 4.78 is 0. The van der Waals surface area contributed by atoms with E-state index in [9.17, 15) is 4.79 Å². The van der Waals surface area contributed by atoms with E-state index in [1.165, 1.54) is 0 Å². The van der Waals surface area contributed by atoms with Crippen LogP contribution in [0.5, 0.6) is 0 Å². The summed E-state index contributed by atoms with van der Waals surface area (Å²) in [7, 11) is 1.83. The number of nitrogens with zero attached hydrogens (tertiary/aromatic N) is 2. The van der Waals surface area contributed by atoms with Gasteiger partial charge in [0.2, 0.25) is 5.91 Å². The first-order valence-corrected chi connectivity index (χ1v) is 6.81. The van der Waals surface area contributed by atoms with Gasteiger partial charge >= 0.3 is 0 Å². The van der Waals surface area contributed by atoms with Crippen molar-refractivity contribution in [2.75, 3.05) is 18.7 Å². The van der Waals surface area contributed by atoms with Crippen molar-refractivity contribution in [3.8, 4) is 0 Å². The molecule has 0 spiro atoms. The Morgan fingerprint density at radius 1 is 1.65 bits per heavy atom. The minimum atomic E-state index is -0.0326. The summed E-state index contributed by atoms with van der Waals surface area (Å²) >= 11 is 1.76. The predicted molar refractivity (Wildman–Crippen MR) is 69.7 cm³/mol. The van der Waals surface area contributed by atoms with Gasteiger partial charge in [-0.15, -0.1) is 11.8 Å². The minimum absolute atomic E-state index is 0.0326. The molecule has 0 bridgehead atoms. The minimum Gasteiger partial charge on any atom is -0.338 e. The number of hydrogen-bond acceptors (Lipinski definition) is 4. The molecule has 1 atom stereocenters. The Bertz CT molecular complexity index is 404. The van der Waals surface area contributed by atoms with Crippen LogP contribution in [0.15, 0.2) is 18.2 Å². The first kappa shape index (κ1) is 12.4. The van der Waals surface area contributed by atoms with Gasteiger partial charge in [0, 0.05) is 24.4 Å². The largest absolute Gasteiger partial charge is 0.338 e. The summed E-state index contributed by atoms with van der Waals surface area (Å²) in [5.74, 6) is 1.88. The number of carbonyl (C=O) groups excluding carboxylic acids is 1. The van der Waals surface area contributed by atoms with Gasteiger partial charge in [0.15, 0.2) is 0 Å². The third kappa shape index (κ3) is 3.20. The molecule has 1 aliphatic rings. The molecule has 1 N–H and O–H groups in total. The molecule has 1 saturated heterocycles. The fourth-order valence-corrected chi connectivity index (χ4v) is 2.76. The molecule has 0 saturated carbocycles. The second kappa shape index (κ2) is 5.51. The molecule has 2 heterocycles. The third-order valence-electron chi connectivity index (χ3n) is 2.74. The number of rotatable bonds is 3. The van der Waals surface area contributed by atoms with Crippen molar-refractivity contribution in [2.24, 2.45) is 0 Å². The van der Waals surface area contributed by atoms with Gasteiger partial charge in [-0.1, -0.05) is 6.07 Å². The second-order valence-electron chi connectivity index (χ2n) is 4.24. The molecule has 1 aliphatic heterocycles. The highest BCUT2D eigenvalue weighted by Crippen LogP contribution is 2.12. The van der Waals surface area contributed by atoms with E-state index >= 15 is 0 Å². The van der Waals surface area contributed by atoms with Crippen LogP contribution in [0.3, 0.4) is 0 Å². The smallest absolute Gasteiger partial charge is 0.240 e. The highest BCUT2D eigenvalue weighted by molar-refractivity contribution is 7.99. The number of thioether (sulfide) groups is 1. The Labute approximate surface area is 106 Å². The zero-order valence-electron chi connectivity index (χ0n) is 10.1. The number of aryl methyl sites for hydroxylation is 1. The highest BCUT2D eigenvalue weighted by Gasteiger charge is 2.25. The fraction of sp³-hybridized carbons (Fsp3) is 0.500. The van der Waals surface area contributed by atoms with Crippen LogP contribution in [0.1, 0.15) is 11.4 Å². The summed E-state index contributed by atoms with van der Waals surface area (Å²) in [6.07, 6.45) is 0. The van der Waals surface area contributed by atoms with Crippen molar-refractivity contribution in [2.45, 2.75) is 19.5 Å². The van der Waals surface area contributed by atoms with Crippen LogP contribution in [0.25, 0.3) is 0 Å². The van der Waals surface area contributed by atoms with Crippen LogP contribution in [-0.4, -0.2) is 40.5 Å². The maximum Gasteiger partial charge on any atom is 0.240 e. The molecule has 17 heavy (non-hydrogen) atoms. The number of hydrogen-bond donors (Lipinski definition) is 1. The molecule has 0 radical (unpaired) electrons. The van der Waals surface area contributed by atoms with E-state index in [0.717, 1.165) is 23.0 Å². The lowest BCUT2D eigenvalue weighted by Gasteiger charge is -2.20. The van der Waals surface area contributed by atoms with Crippen LogP contribution in [0.2, 0.25) is 0 Å². The molecule has 0 aliphatic carbocycles. The zero-order valence-corrected chi connectivity index (χ0v) is 11.0. The molecular weight excluding hydrogens is 234 g/mol. The van der Waals surface area contributed by atoms with Crippen LogP contribution >= 0.6 is 11.8 Å². The van der Waals surface area contributed by atoms with Gasteiger partial charge in [-0.3, -0.25) is 15.1 Å². The Kier molecular flexibility index (Phi) is 4.02. The molecule has 1 aromatic heterocycles. The number of nitrogens with one attached hydrogen (secondary N) is 1. The molecule has 92 valence electrons. The van der Waals surface area contributed by atoms with Crippen molar-refractivity contribution in [3.05, 3.63) is 29.6 Å². The lowest BCUT2D eigenvalue weighted by atomic mass is 10.2. The Hall–Kier alpha value is -1.07. The summed E-state index contributed by atoms with van der Waals surface area (Å²) in [6, 6.07) is 5.85. The van der Waals surface area contributed by atoms with Crippen molar-refractivity contribution >= 4 is 17.7 Å². The average molecular weight is 251 g/mol. The molecule has 2 rings (SSSR count). The van der Waals surface area contributed by atoms with Crippen LogP contribution in [0.4, 0.5) is 0 Å². The van der Waals surface area contributed by atoms with Gasteiger partial charge in [-0.25, -0.2) is 0 Å². The molecular formula is C12H17N3OS. The van der Waals surface area contributed by atoms with E-state index < -0.39 is 0 Å². The number of amides is 1. The summed E-state index contributed by atoms with van der Waals surface area (Å²) in [5, 5.41) is 3.19.